The molecular weight excluding hydrogens is 255 g/mol. The third-order valence-electron chi connectivity index (χ3n) is 3.30. The Bertz CT molecular complexity index is 640. The second kappa shape index (κ2) is 5.84. The molecule has 2 N–H and O–H groups in total. The first kappa shape index (κ1) is 14.2. The minimum atomic E-state index is -0.477. The Kier molecular flexibility index (Phi) is 4.15. The fraction of sp³-hybridized carbons (Fsp3) is 0.188. The minimum Gasteiger partial charge on any atom is -0.326 e. The highest BCUT2D eigenvalue weighted by Crippen LogP contribution is 2.22. The van der Waals surface area contributed by atoms with Crippen molar-refractivity contribution < 1.29 is 9.18 Å². The van der Waals surface area contributed by atoms with Gasteiger partial charge in [-0.2, -0.15) is 0 Å². The van der Waals surface area contributed by atoms with Crippen molar-refractivity contribution in [3.05, 3.63) is 65.0 Å². The molecular formula is C16H17FN2O. The summed E-state index contributed by atoms with van der Waals surface area (Å²) in [5.74, 6) is -0.860. The molecule has 0 heterocycles. The number of rotatable bonds is 3. The van der Waals surface area contributed by atoms with E-state index in [1.165, 1.54) is 11.0 Å². The standard InChI is InChI=1S/C16H17FN2O/c1-11-6-5-8-13(15(11)17)16(20)19(2)14-9-4-3-7-12(14)10-18/h3-9H,10,18H2,1-2H3. The Balaban J connectivity index is 2.40. The van der Waals surface area contributed by atoms with E-state index in [0.717, 1.165) is 5.56 Å². The third-order valence-corrected chi connectivity index (χ3v) is 3.30. The summed E-state index contributed by atoms with van der Waals surface area (Å²) in [5, 5.41) is 0. The number of carbonyl (C=O) groups is 1. The maximum atomic E-state index is 14.0. The third kappa shape index (κ3) is 2.56. The highest BCUT2D eigenvalue weighted by molar-refractivity contribution is 6.06. The summed E-state index contributed by atoms with van der Waals surface area (Å²) in [7, 11) is 1.62. The summed E-state index contributed by atoms with van der Waals surface area (Å²) in [4.78, 5) is 13.9. The Hall–Kier alpha value is -2.20. The molecule has 0 aliphatic heterocycles. The molecule has 0 unspecified atom stereocenters. The van der Waals surface area contributed by atoms with Gasteiger partial charge in [-0.25, -0.2) is 4.39 Å². The van der Waals surface area contributed by atoms with E-state index in [2.05, 4.69) is 0 Å². The number of carbonyl (C=O) groups excluding carboxylic acids is 1. The van der Waals surface area contributed by atoms with Gasteiger partial charge in [-0.1, -0.05) is 30.3 Å². The van der Waals surface area contributed by atoms with Gasteiger partial charge in [0.05, 0.1) is 5.56 Å². The van der Waals surface area contributed by atoms with E-state index in [4.69, 9.17) is 5.73 Å². The highest BCUT2D eigenvalue weighted by Gasteiger charge is 2.19. The van der Waals surface area contributed by atoms with Crippen molar-refractivity contribution in [2.75, 3.05) is 11.9 Å². The molecule has 0 spiro atoms. The quantitative estimate of drug-likeness (QED) is 0.934. The Morgan fingerprint density at radius 3 is 2.60 bits per heavy atom. The van der Waals surface area contributed by atoms with Gasteiger partial charge >= 0.3 is 0 Å². The molecule has 2 rings (SSSR count). The SMILES string of the molecule is Cc1cccc(C(=O)N(C)c2ccccc2CN)c1F. The molecule has 0 saturated carbocycles. The van der Waals surface area contributed by atoms with E-state index in [9.17, 15) is 9.18 Å². The van der Waals surface area contributed by atoms with Crippen molar-refractivity contribution in [1.82, 2.24) is 0 Å². The predicted octanol–water partition coefficient (Wildman–Crippen LogP) is 2.87. The molecule has 0 aromatic heterocycles. The van der Waals surface area contributed by atoms with Crippen molar-refractivity contribution in [1.29, 1.82) is 0 Å². The van der Waals surface area contributed by atoms with E-state index in [-0.39, 0.29) is 11.5 Å². The van der Waals surface area contributed by atoms with Crippen LogP contribution in [0.15, 0.2) is 42.5 Å². The highest BCUT2D eigenvalue weighted by atomic mass is 19.1. The lowest BCUT2D eigenvalue weighted by Gasteiger charge is -2.20. The Morgan fingerprint density at radius 1 is 1.20 bits per heavy atom. The summed E-state index contributed by atoms with van der Waals surface area (Å²) >= 11 is 0. The van der Waals surface area contributed by atoms with Crippen LogP contribution in [0, 0.1) is 12.7 Å². The number of nitrogens with zero attached hydrogens (tertiary/aromatic N) is 1. The zero-order valence-corrected chi connectivity index (χ0v) is 11.6. The number of anilines is 1. The second-order valence-electron chi connectivity index (χ2n) is 4.63. The molecule has 104 valence electrons. The zero-order chi connectivity index (χ0) is 14.7. The van der Waals surface area contributed by atoms with E-state index < -0.39 is 5.82 Å². The van der Waals surface area contributed by atoms with Crippen LogP contribution in [-0.4, -0.2) is 13.0 Å². The van der Waals surface area contributed by atoms with Crippen LogP contribution < -0.4 is 10.6 Å². The van der Waals surface area contributed by atoms with Gasteiger partial charge in [-0.05, 0) is 30.2 Å². The van der Waals surface area contributed by atoms with Gasteiger partial charge in [0.2, 0.25) is 0 Å². The summed E-state index contributed by atoms with van der Waals surface area (Å²) < 4.78 is 14.0. The maximum Gasteiger partial charge on any atom is 0.261 e. The molecule has 0 fully saturated rings. The van der Waals surface area contributed by atoms with Gasteiger partial charge in [0, 0.05) is 19.3 Å². The molecule has 1 amide bonds. The summed E-state index contributed by atoms with van der Waals surface area (Å²) in [6, 6.07) is 12.1. The Morgan fingerprint density at radius 2 is 1.90 bits per heavy atom. The van der Waals surface area contributed by atoms with Crippen LogP contribution >= 0.6 is 0 Å². The zero-order valence-electron chi connectivity index (χ0n) is 11.6. The van der Waals surface area contributed by atoms with Crippen molar-refractivity contribution >= 4 is 11.6 Å². The van der Waals surface area contributed by atoms with E-state index in [1.807, 2.05) is 18.2 Å². The van der Waals surface area contributed by atoms with Gasteiger partial charge in [-0.15, -0.1) is 0 Å². The molecule has 3 nitrogen and oxygen atoms in total. The fourth-order valence-electron chi connectivity index (χ4n) is 2.11. The lowest BCUT2D eigenvalue weighted by Crippen LogP contribution is -2.28. The average Bonchev–Trinajstić information content (AvgIpc) is 2.48. The number of benzene rings is 2. The van der Waals surface area contributed by atoms with Crippen LogP contribution in [0.4, 0.5) is 10.1 Å². The molecule has 0 atom stereocenters. The Labute approximate surface area is 117 Å². The van der Waals surface area contributed by atoms with Gasteiger partial charge < -0.3 is 10.6 Å². The molecule has 20 heavy (non-hydrogen) atoms. The molecule has 0 radical (unpaired) electrons. The average molecular weight is 272 g/mol. The van der Waals surface area contributed by atoms with Gasteiger partial charge in [0.25, 0.3) is 5.91 Å². The first-order valence-corrected chi connectivity index (χ1v) is 6.37. The minimum absolute atomic E-state index is 0.0688. The number of para-hydroxylation sites is 1. The number of aryl methyl sites for hydroxylation is 1. The van der Waals surface area contributed by atoms with E-state index >= 15 is 0 Å². The normalized spacial score (nSPS) is 10.4. The van der Waals surface area contributed by atoms with Crippen LogP contribution in [0.3, 0.4) is 0 Å². The summed E-state index contributed by atoms with van der Waals surface area (Å²) in [6.45, 7) is 1.96. The lowest BCUT2D eigenvalue weighted by molar-refractivity contribution is 0.0989. The van der Waals surface area contributed by atoms with Crippen LogP contribution in [0.2, 0.25) is 0 Å². The van der Waals surface area contributed by atoms with Crippen LogP contribution in [0.25, 0.3) is 0 Å². The fourth-order valence-corrected chi connectivity index (χ4v) is 2.11. The van der Waals surface area contributed by atoms with Crippen molar-refractivity contribution in [2.24, 2.45) is 5.73 Å². The summed E-state index contributed by atoms with van der Waals surface area (Å²) in [5.41, 5.74) is 7.73. The molecule has 4 heteroatoms. The van der Waals surface area contributed by atoms with Crippen LogP contribution in [0.1, 0.15) is 21.5 Å². The molecule has 2 aromatic carbocycles. The topological polar surface area (TPSA) is 46.3 Å². The van der Waals surface area contributed by atoms with E-state index in [1.54, 1.807) is 32.2 Å². The molecule has 0 aliphatic rings. The molecule has 2 aromatic rings. The smallest absolute Gasteiger partial charge is 0.261 e. The summed E-state index contributed by atoms with van der Waals surface area (Å²) in [6.07, 6.45) is 0. The number of nitrogens with two attached hydrogens (primary N) is 1. The van der Waals surface area contributed by atoms with Gasteiger partial charge in [0.15, 0.2) is 0 Å². The lowest BCUT2D eigenvalue weighted by atomic mass is 10.1. The molecule has 0 bridgehead atoms. The van der Waals surface area contributed by atoms with Crippen molar-refractivity contribution in [3.63, 3.8) is 0 Å². The van der Waals surface area contributed by atoms with E-state index in [0.29, 0.717) is 17.8 Å². The van der Waals surface area contributed by atoms with Crippen molar-refractivity contribution in [3.8, 4) is 0 Å². The molecule has 0 aliphatic carbocycles. The molecule has 0 saturated heterocycles. The van der Waals surface area contributed by atoms with Crippen molar-refractivity contribution in [2.45, 2.75) is 13.5 Å². The van der Waals surface area contributed by atoms with Crippen LogP contribution in [-0.2, 0) is 6.54 Å². The number of hydrogen-bond acceptors (Lipinski definition) is 2. The first-order chi connectivity index (χ1) is 9.56. The van der Waals surface area contributed by atoms with Gasteiger partial charge in [0.1, 0.15) is 5.82 Å². The largest absolute Gasteiger partial charge is 0.326 e. The maximum absolute atomic E-state index is 14.0. The number of amides is 1. The second-order valence-corrected chi connectivity index (χ2v) is 4.63. The monoisotopic (exact) mass is 272 g/mol. The number of hydrogen-bond donors (Lipinski definition) is 1. The predicted molar refractivity (Wildman–Crippen MR) is 78.2 cm³/mol. The number of halogens is 1. The van der Waals surface area contributed by atoms with Gasteiger partial charge in [-0.3, -0.25) is 4.79 Å². The van der Waals surface area contributed by atoms with Crippen LogP contribution in [0.5, 0.6) is 0 Å². The first-order valence-electron chi connectivity index (χ1n) is 6.37.